The van der Waals surface area contributed by atoms with Crippen molar-refractivity contribution >= 4 is 5.97 Å². The van der Waals surface area contributed by atoms with Gasteiger partial charge in [0.25, 0.3) is 0 Å². The van der Waals surface area contributed by atoms with Gasteiger partial charge in [0.1, 0.15) is 5.54 Å². The second-order valence-electron chi connectivity index (χ2n) is 3.02. The van der Waals surface area contributed by atoms with Crippen molar-refractivity contribution < 1.29 is 40.9 Å². The molecule has 1 aliphatic carbocycles. The van der Waals surface area contributed by atoms with E-state index >= 15 is 0 Å². The first-order chi connectivity index (χ1) is 4.65. The third-order valence-corrected chi connectivity index (χ3v) is 2.17. The standard InChI is InChI=1S/C7H13NO2.Na.H/c8-7(6(9)10)4-2-1-3-5-7;;/h1-5,8H2,(H,9,10);;/q;+1;-1. The predicted molar refractivity (Wildman–Crippen MR) is 38.8 cm³/mol. The Balaban J connectivity index is 0. The van der Waals surface area contributed by atoms with Crippen LogP contribution >= 0.6 is 0 Å². The molecular weight excluding hydrogens is 153 g/mol. The van der Waals surface area contributed by atoms with Gasteiger partial charge < -0.3 is 12.3 Å². The molecule has 4 heteroatoms. The minimum Gasteiger partial charge on any atom is -1.00 e. The molecule has 0 aromatic rings. The zero-order valence-electron chi connectivity index (χ0n) is 7.97. The summed E-state index contributed by atoms with van der Waals surface area (Å²) in [5.41, 5.74) is 4.70. The number of nitrogens with two attached hydrogens (primary N) is 1. The van der Waals surface area contributed by atoms with Crippen LogP contribution in [-0.2, 0) is 4.79 Å². The maximum atomic E-state index is 10.6. The maximum absolute atomic E-state index is 10.6. The van der Waals surface area contributed by atoms with Crippen molar-refractivity contribution in [3.8, 4) is 0 Å². The summed E-state index contributed by atoms with van der Waals surface area (Å²) in [5.74, 6) is -0.841. The number of hydrogen-bond acceptors (Lipinski definition) is 2. The van der Waals surface area contributed by atoms with E-state index < -0.39 is 11.5 Å². The first-order valence-electron chi connectivity index (χ1n) is 3.67. The number of rotatable bonds is 1. The molecule has 0 aliphatic heterocycles. The van der Waals surface area contributed by atoms with Gasteiger partial charge in [-0.3, -0.25) is 4.79 Å². The average molecular weight is 167 g/mol. The van der Waals surface area contributed by atoms with Crippen LogP contribution in [0.2, 0.25) is 0 Å². The Bertz CT molecular complexity index is 148. The Morgan fingerprint density at radius 1 is 1.36 bits per heavy atom. The van der Waals surface area contributed by atoms with Crippen LogP contribution in [0, 0.1) is 0 Å². The quantitative estimate of drug-likeness (QED) is 0.438. The molecule has 0 spiro atoms. The summed E-state index contributed by atoms with van der Waals surface area (Å²) in [7, 11) is 0. The molecule has 1 aliphatic rings. The van der Waals surface area contributed by atoms with Crippen molar-refractivity contribution in [3.05, 3.63) is 0 Å². The second kappa shape index (κ2) is 4.45. The van der Waals surface area contributed by atoms with Gasteiger partial charge in [0.05, 0.1) is 0 Å². The van der Waals surface area contributed by atoms with E-state index in [9.17, 15) is 4.79 Å². The third kappa shape index (κ3) is 2.75. The molecule has 11 heavy (non-hydrogen) atoms. The summed E-state index contributed by atoms with van der Waals surface area (Å²) in [6.45, 7) is 0. The number of carbonyl (C=O) groups is 1. The first kappa shape index (κ1) is 11.4. The summed E-state index contributed by atoms with van der Waals surface area (Å²) in [5, 5.41) is 8.67. The molecule has 0 saturated heterocycles. The van der Waals surface area contributed by atoms with Gasteiger partial charge in [-0.25, -0.2) is 0 Å². The summed E-state index contributed by atoms with van der Waals surface area (Å²) < 4.78 is 0. The van der Waals surface area contributed by atoms with Gasteiger partial charge in [0, 0.05) is 0 Å². The molecule has 60 valence electrons. The second-order valence-corrected chi connectivity index (χ2v) is 3.02. The Hall–Kier alpha value is 0.430. The zero-order chi connectivity index (χ0) is 7.61. The molecule has 0 aromatic heterocycles. The molecule has 0 bridgehead atoms. The Morgan fingerprint density at radius 2 is 1.82 bits per heavy atom. The van der Waals surface area contributed by atoms with Gasteiger partial charge in [-0.2, -0.15) is 0 Å². The Kier molecular flexibility index (Phi) is 4.63. The topological polar surface area (TPSA) is 63.3 Å². The number of carboxylic acids is 1. The van der Waals surface area contributed by atoms with E-state index in [0.717, 1.165) is 19.3 Å². The molecule has 3 N–H and O–H groups in total. The molecule has 0 amide bonds. The van der Waals surface area contributed by atoms with Gasteiger partial charge in [0.15, 0.2) is 0 Å². The third-order valence-electron chi connectivity index (χ3n) is 2.17. The van der Waals surface area contributed by atoms with E-state index in [2.05, 4.69) is 0 Å². The van der Waals surface area contributed by atoms with Gasteiger partial charge in [-0.1, -0.05) is 19.3 Å². The molecule has 3 nitrogen and oxygen atoms in total. The van der Waals surface area contributed by atoms with E-state index in [4.69, 9.17) is 10.8 Å². The van der Waals surface area contributed by atoms with Crippen LogP contribution in [-0.4, -0.2) is 16.6 Å². The van der Waals surface area contributed by atoms with Crippen molar-refractivity contribution in [2.24, 2.45) is 5.73 Å². The molecule has 1 saturated carbocycles. The van der Waals surface area contributed by atoms with Crippen molar-refractivity contribution in [3.63, 3.8) is 0 Å². The zero-order valence-corrected chi connectivity index (χ0v) is 8.97. The SMILES string of the molecule is NC1(C(=O)O)CCCCC1.[H-].[Na+]. The minimum atomic E-state index is -0.905. The fraction of sp³-hybridized carbons (Fsp3) is 0.857. The summed E-state index contributed by atoms with van der Waals surface area (Å²) in [6.07, 6.45) is 4.34. The molecule has 0 unspecified atom stereocenters. The minimum absolute atomic E-state index is 0. The number of carboxylic acid groups (broad SMARTS) is 1. The Morgan fingerprint density at radius 3 is 2.09 bits per heavy atom. The van der Waals surface area contributed by atoms with E-state index in [-0.39, 0.29) is 31.0 Å². The largest absolute Gasteiger partial charge is 1.00 e. The van der Waals surface area contributed by atoms with Gasteiger partial charge in [-0.15, -0.1) is 0 Å². The molecule has 0 radical (unpaired) electrons. The van der Waals surface area contributed by atoms with Gasteiger partial charge >= 0.3 is 35.5 Å². The first-order valence-corrected chi connectivity index (χ1v) is 3.67. The van der Waals surface area contributed by atoms with Crippen LogP contribution in [0.1, 0.15) is 33.5 Å². The van der Waals surface area contributed by atoms with Crippen molar-refractivity contribution in [1.82, 2.24) is 0 Å². The molecule has 1 fully saturated rings. The van der Waals surface area contributed by atoms with E-state index in [1.807, 2.05) is 0 Å². The molecule has 0 heterocycles. The average Bonchev–Trinajstić information content (AvgIpc) is 1.89. The molecule has 0 atom stereocenters. The molecular formula is C7H14NNaO2. The van der Waals surface area contributed by atoms with E-state index in [1.54, 1.807) is 0 Å². The van der Waals surface area contributed by atoms with Crippen LogP contribution in [0.15, 0.2) is 0 Å². The van der Waals surface area contributed by atoms with Crippen molar-refractivity contribution in [2.75, 3.05) is 0 Å². The molecule has 0 aromatic carbocycles. The van der Waals surface area contributed by atoms with Crippen LogP contribution in [0.5, 0.6) is 0 Å². The number of hydrogen-bond donors (Lipinski definition) is 2. The van der Waals surface area contributed by atoms with Gasteiger partial charge in [-0.05, 0) is 12.8 Å². The van der Waals surface area contributed by atoms with Gasteiger partial charge in [0.2, 0.25) is 0 Å². The van der Waals surface area contributed by atoms with Crippen molar-refractivity contribution in [1.29, 1.82) is 0 Å². The fourth-order valence-electron chi connectivity index (χ4n) is 1.40. The van der Waals surface area contributed by atoms with E-state index in [1.165, 1.54) is 0 Å². The fourth-order valence-corrected chi connectivity index (χ4v) is 1.40. The maximum Gasteiger partial charge on any atom is 1.00 e. The smallest absolute Gasteiger partial charge is 1.00 e. The van der Waals surface area contributed by atoms with E-state index in [0.29, 0.717) is 12.8 Å². The monoisotopic (exact) mass is 167 g/mol. The normalized spacial score (nSPS) is 21.9. The Labute approximate surface area is 90.1 Å². The molecule has 1 rings (SSSR count). The summed E-state index contributed by atoms with van der Waals surface area (Å²) in [4.78, 5) is 10.6. The predicted octanol–water partition coefficient (Wildman–Crippen LogP) is -2.15. The summed E-state index contributed by atoms with van der Waals surface area (Å²) in [6, 6.07) is 0. The summed E-state index contributed by atoms with van der Waals surface area (Å²) >= 11 is 0. The van der Waals surface area contributed by atoms with Crippen LogP contribution in [0.3, 0.4) is 0 Å². The number of aliphatic carboxylic acids is 1. The van der Waals surface area contributed by atoms with Crippen LogP contribution in [0.25, 0.3) is 0 Å². The van der Waals surface area contributed by atoms with Crippen molar-refractivity contribution in [2.45, 2.75) is 37.6 Å². The van der Waals surface area contributed by atoms with Crippen LogP contribution < -0.4 is 35.3 Å². The van der Waals surface area contributed by atoms with Crippen LogP contribution in [0.4, 0.5) is 0 Å².